The Morgan fingerprint density at radius 1 is 1.24 bits per heavy atom. The predicted molar refractivity (Wildman–Crippen MR) is 114 cm³/mol. The van der Waals surface area contributed by atoms with Crippen molar-refractivity contribution in [2.24, 2.45) is 5.16 Å². The SMILES string of the molecule is C=CCc1ccccc1N(C(=O)Nc1ccc(/C(C)=N/O)cc1)C(C)C(=O)OC. The highest BCUT2D eigenvalue weighted by molar-refractivity contribution is 6.06. The number of oxime groups is 1. The van der Waals surface area contributed by atoms with Crippen LogP contribution in [0, 0.1) is 0 Å². The Balaban J connectivity index is 2.37. The van der Waals surface area contributed by atoms with E-state index in [2.05, 4.69) is 17.1 Å². The summed E-state index contributed by atoms with van der Waals surface area (Å²) in [5.41, 5.74) is 3.18. The number of hydrogen-bond donors (Lipinski definition) is 2. The molecule has 2 amide bonds. The van der Waals surface area contributed by atoms with Gasteiger partial charge in [0, 0.05) is 11.4 Å². The molecule has 1 atom stereocenters. The number of esters is 1. The number of hydrogen-bond acceptors (Lipinski definition) is 5. The van der Waals surface area contributed by atoms with Crippen LogP contribution in [0.3, 0.4) is 0 Å². The maximum absolute atomic E-state index is 13.1. The molecule has 2 aromatic carbocycles. The Hall–Kier alpha value is -3.61. The summed E-state index contributed by atoms with van der Waals surface area (Å²) in [4.78, 5) is 26.7. The summed E-state index contributed by atoms with van der Waals surface area (Å²) in [5.74, 6) is -0.529. The van der Waals surface area contributed by atoms with Gasteiger partial charge < -0.3 is 15.3 Å². The van der Waals surface area contributed by atoms with E-state index in [4.69, 9.17) is 9.94 Å². The first-order valence-corrected chi connectivity index (χ1v) is 9.08. The molecule has 7 heteroatoms. The van der Waals surface area contributed by atoms with E-state index in [1.54, 1.807) is 56.3 Å². The number of allylic oxidation sites excluding steroid dienone is 1. The first kappa shape index (κ1) is 21.7. The van der Waals surface area contributed by atoms with Crippen molar-refractivity contribution in [3.8, 4) is 0 Å². The number of para-hydroxylation sites is 1. The van der Waals surface area contributed by atoms with Crippen molar-refractivity contribution in [3.63, 3.8) is 0 Å². The number of carbonyl (C=O) groups excluding carboxylic acids is 2. The number of nitrogens with one attached hydrogen (secondary N) is 1. The number of methoxy groups -OCH3 is 1. The van der Waals surface area contributed by atoms with Crippen molar-refractivity contribution in [1.82, 2.24) is 0 Å². The molecule has 0 heterocycles. The third kappa shape index (κ3) is 5.22. The zero-order valence-corrected chi connectivity index (χ0v) is 16.8. The summed E-state index contributed by atoms with van der Waals surface area (Å²) in [5, 5.41) is 14.8. The van der Waals surface area contributed by atoms with Gasteiger partial charge in [-0.1, -0.05) is 41.6 Å². The lowest BCUT2D eigenvalue weighted by Gasteiger charge is -2.29. The van der Waals surface area contributed by atoms with Gasteiger partial charge in [-0.05, 0) is 49.6 Å². The molecule has 0 bridgehead atoms. The summed E-state index contributed by atoms with van der Waals surface area (Å²) < 4.78 is 4.85. The van der Waals surface area contributed by atoms with Crippen LogP contribution in [0.4, 0.5) is 16.2 Å². The zero-order valence-electron chi connectivity index (χ0n) is 16.8. The molecule has 0 aliphatic rings. The van der Waals surface area contributed by atoms with Gasteiger partial charge in [-0.15, -0.1) is 6.58 Å². The van der Waals surface area contributed by atoms with Gasteiger partial charge >= 0.3 is 12.0 Å². The number of amides is 2. The largest absolute Gasteiger partial charge is 0.467 e. The molecule has 0 saturated carbocycles. The standard InChI is InChI=1S/C22H25N3O4/c1-5-8-18-9-6-7-10-20(18)25(16(3)21(26)29-4)22(27)23-19-13-11-17(12-14-19)15(2)24-28/h5-7,9-14,16,28H,1,8H2,2-4H3,(H,23,27)/b24-15+. The lowest BCUT2D eigenvalue weighted by Crippen LogP contribution is -2.46. The number of ether oxygens (including phenoxy) is 1. The van der Waals surface area contributed by atoms with Crippen molar-refractivity contribution in [3.05, 3.63) is 72.3 Å². The molecule has 2 N–H and O–H groups in total. The van der Waals surface area contributed by atoms with Gasteiger partial charge in [-0.25, -0.2) is 9.59 Å². The zero-order chi connectivity index (χ0) is 21.4. The average molecular weight is 395 g/mol. The highest BCUT2D eigenvalue weighted by Crippen LogP contribution is 2.25. The third-order valence-electron chi connectivity index (χ3n) is 4.47. The molecule has 152 valence electrons. The summed E-state index contributed by atoms with van der Waals surface area (Å²) >= 11 is 0. The van der Waals surface area contributed by atoms with Crippen LogP contribution in [0.1, 0.15) is 25.0 Å². The van der Waals surface area contributed by atoms with Gasteiger partial charge in [0.2, 0.25) is 0 Å². The van der Waals surface area contributed by atoms with Crippen molar-refractivity contribution < 1.29 is 19.5 Å². The number of carbonyl (C=O) groups is 2. The van der Waals surface area contributed by atoms with Crippen LogP contribution in [0.5, 0.6) is 0 Å². The topological polar surface area (TPSA) is 91.2 Å². The maximum Gasteiger partial charge on any atom is 0.328 e. The molecule has 2 aromatic rings. The molecular weight excluding hydrogens is 370 g/mol. The van der Waals surface area contributed by atoms with Crippen molar-refractivity contribution in [2.45, 2.75) is 26.3 Å². The van der Waals surface area contributed by atoms with Crippen LogP contribution in [-0.4, -0.2) is 36.1 Å². The van der Waals surface area contributed by atoms with Crippen molar-refractivity contribution in [1.29, 1.82) is 0 Å². The van der Waals surface area contributed by atoms with E-state index in [1.165, 1.54) is 12.0 Å². The molecule has 0 spiro atoms. The van der Waals surface area contributed by atoms with E-state index in [1.807, 2.05) is 12.1 Å². The van der Waals surface area contributed by atoms with E-state index in [0.717, 1.165) is 11.1 Å². The molecule has 0 fully saturated rings. The highest BCUT2D eigenvalue weighted by atomic mass is 16.5. The monoisotopic (exact) mass is 395 g/mol. The first-order chi connectivity index (χ1) is 13.9. The molecular formula is C22H25N3O4. The van der Waals surface area contributed by atoms with Crippen LogP contribution in [0.2, 0.25) is 0 Å². The molecule has 7 nitrogen and oxygen atoms in total. The predicted octanol–water partition coefficient (Wildman–Crippen LogP) is 4.21. The van der Waals surface area contributed by atoms with E-state index >= 15 is 0 Å². The molecule has 1 unspecified atom stereocenters. The minimum absolute atomic E-state index is 0.460. The lowest BCUT2D eigenvalue weighted by molar-refractivity contribution is -0.141. The van der Waals surface area contributed by atoms with E-state index in [9.17, 15) is 9.59 Å². The summed E-state index contributed by atoms with van der Waals surface area (Å²) in [6, 6.07) is 12.9. The Bertz CT molecular complexity index is 907. The van der Waals surface area contributed by atoms with Gasteiger partial charge in [0.05, 0.1) is 12.8 Å². The third-order valence-corrected chi connectivity index (χ3v) is 4.47. The van der Waals surface area contributed by atoms with Crippen LogP contribution in [0.25, 0.3) is 0 Å². The normalized spacial score (nSPS) is 12.0. The van der Waals surface area contributed by atoms with Gasteiger partial charge in [-0.2, -0.15) is 0 Å². The van der Waals surface area contributed by atoms with Gasteiger partial charge in [0.1, 0.15) is 6.04 Å². The van der Waals surface area contributed by atoms with Crippen LogP contribution >= 0.6 is 0 Å². The fourth-order valence-corrected chi connectivity index (χ4v) is 2.88. The second-order valence-corrected chi connectivity index (χ2v) is 6.38. The second kappa shape index (κ2) is 10.1. The molecule has 0 saturated heterocycles. The number of anilines is 2. The van der Waals surface area contributed by atoms with Crippen LogP contribution in [-0.2, 0) is 16.0 Å². The second-order valence-electron chi connectivity index (χ2n) is 6.38. The Kier molecular flexibility index (Phi) is 7.54. The fraction of sp³-hybridized carbons (Fsp3) is 0.227. The average Bonchev–Trinajstić information content (AvgIpc) is 2.74. The number of benzene rings is 2. The Labute approximate surface area is 170 Å². The van der Waals surface area contributed by atoms with Gasteiger partial charge in [0.25, 0.3) is 0 Å². The molecule has 0 aliphatic carbocycles. The minimum atomic E-state index is -0.839. The molecule has 29 heavy (non-hydrogen) atoms. The molecule has 0 aromatic heterocycles. The number of urea groups is 1. The fourth-order valence-electron chi connectivity index (χ4n) is 2.88. The molecule has 0 radical (unpaired) electrons. The first-order valence-electron chi connectivity index (χ1n) is 9.08. The summed E-state index contributed by atoms with van der Waals surface area (Å²) in [7, 11) is 1.29. The quantitative estimate of drug-likeness (QED) is 0.241. The van der Waals surface area contributed by atoms with Crippen molar-refractivity contribution in [2.75, 3.05) is 17.3 Å². The highest BCUT2D eigenvalue weighted by Gasteiger charge is 2.29. The van der Waals surface area contributed by atoms with Crippen molar-refractivity contribution >= 4 is 29.1 Å². The summed E-state index contributed by atoms with van der Waals surface area (Å²) in [6.45, 7) is 7.04. The van der Waals surface area contributed by atoms with E-state index in [-0.39, 0.29) is 0 Å². The lowest BCUT2D eigenvalue weighted by atomic mass is 10.1. The van der Waals surface area contributed by atoms with E-state index in [0.29, 0.717) is 23.5 Å². The molecule has 2 rings (SSSR count). The minimum Gasteiger partial charge on any atom is -0.467 e. The maximum atomic E-state index is 13.1. The van der Waals surface area contributed by atoms with Gasteiger partial charge in [0.15, 0.2) is 0 Å². The Morgan fingerprint density at radius 2 is 1.90 bits per heavy atom. The molecule has 0 aliphatic heterocycles. The van der Waals surface area contributed by atoms with Crippen LogP contribution in [0.15, 0.2) is 66.3 Å². The smallest absolute Gasteiger partial charge is 0.328 e. The number of rotatable bonds is 7. The van der Waals surface area contributed by atoms with E-state index < -0.39 is 18.0 Å². The summed E-state index contributed by atoms with van der Waals surface area (Å²) in [6.07, 6.45) is 2.28. The van der Waals surface area contributed by atoms with Crippen LogP contribution < -0.4 is 10.2 Å². The number of nitrogens with zero attached hydrogens (tertiary/aromatic N) is 2. The Morgan fingerprint density at radius 3 is 2.48 bits per heavy atom. The van der Waals surface area contributed by atoms with Gasteiger partial charge in [-0.3, -0.25) is 4.90 Å².